The van der Waals surface area contributed by atoms with Crippen LogP contribution >= 0.6 is 0 Å². The van der Waals surface area contributed by atoms with E-state index >= 15 is 0 Å². The SMILES string of the molecule is CC(O)(CO)CNC(=O)c1cccc(OC(F)F)c1. The van der Waals surface area contributed by atoms with Crippen molar-refractivity contribution in [3.8, 4) is 5.75 Å². The number of hydrogen-bond donors (Lipinski definition) is 3. The Morgan fingerprint density at radius 3 is 2.79 bits per heavy atom. The molecule has 7 heteroatoms. The van der Waals surface area contributed by atoms with E-state index in [1.54, 1.807) is 0 Å². The number of hydrogen-bond acceptors (Lipinski definition) is 4. The molecular formula is C12H15F2NO4. The molecule has 0 spiro atoms. The van der Waals surface area contributed by atoms with Crippen molar-refractivity contribution in [2.45, 2.75) is 19.1 Å². The zero-order valence-electron chi connectivity index (χ0n) is 10.3. The number of aliphatic hydroxyl groups excluding tert-OH is 1. The Hall–Kier alpha value is -1.73. The summed E-state index contributed by atoms with van der Waals surface area (Å²) in [6.07, 6.45) is 0. The number of carbonyl (C=O) groups is 1. The smallest absolute Gasteiger partial charge is 0.387 e. The van der Waals surface area contributed by atoms with Crippen LogP contribution in [0.15, 0.2) is 24.3 Å². The third kappa shape index (κ3) is 5.19. The van der Waals surface area contributed by atoms with Crippen molar-refractivity contribution >= 4 is 5.91 Å². The molecule has 1 rings (SSSR count). The summed E-state index contributed by atoms with van der Waals surface area (Å²) in [5.74, 6) is -0.690. The number of amides is 1. The molecule has 1 unspecified atom stereocenters. The number of nitrogens with one attached hydrogen (secondary N) is 1. The molecule has 1 atom stereocenters. The molecule has 1 aromatic carbocycles. The Morgan fingerprint density at radius 2 is 2.21 bits per heavy atom. The van der Waals surface area contributed by atoms with Crippen LogP contribution < -0.4 is 10.1 Å². The van der Waals surface area contributed by atoms with Gasteiger partial charge in [0.2, 0.25) is 0 Å². The molecule has 106 valence electrons. The van der Waals surface area contributed by atoms with E-state index in [4.69, 9.17) is 5.11 Å². The first-order valence-corrected chi connectivity index (χ1v) is 5.50. The summed E-state index contributed by atoms with van der Waals surface area (Å²) < 4.78 is 28.2. The molecule has 5 nitrogen and oxygen atoms in total. The largest absolute Gasteiger partial charge is 0.435 e. The highest BCUT2D eigenvalue weighted by molar-refractivity contribution is 5.94. The minimum atomic E-state index is -2.96. The van der Waals surface area contributed by atoms with Gasteiger partial charge in [0.05, 0.1) is 6.61 Å². The van der Waals surface area contributed by atoms with E-state index in [2.05, 4.69) is 10.1 Å². The molecule has 1 amide bonds. The van der Waals surface area contributed by atoms with Crippen molar-refractivity contribution in [2.75, 3.05) is 13.2 Å². The Labute approximate surface area is 108 Å². The fourth-order valence-electron chi connectivity index (χ4n) is 1.24. The number of alkyl halides is 2. The topological polar surface area (TPSA) is 78.8 Å². The minimum Gasteiger partial charge on any atom is -0.435 e. The van der Waals surface area contributed by atoms with Crippen LogP contribution in [0, 0.1) is 0 Å². The van der Waals surface area contributed by atoms with Crippen molar-refractivity contribution in [3.05, 3.63) is 29.8 Å². The van der Waals surface area contributed by atoms with E-state index in [0.29, 0.717) is 0 Å². The Balaban J connectivity index is 2.67. The van der Waals surface area contributed by atoms with Gasteiger partial charge in [0.15, 0.2) is 0 Å². The fourth-order valence-corrected chi connectivity index (χ4v) is 1.24. The first-order chi connectivity index (χ1) is 8.84. The van der Waals surface area contributed by atoms with E-state index in [1.807, 2.05) is 0 Å². The molecule has 0 fully saturated rings. The van der Waals surface area contributed by atoms with Gasteiger partial charge in [0.25, 0.3) is 5.91 Å². The van der Waals surface area contributed by atoms with E-state index in [0.717, 1.165) is 6.07 Å². The highest BCUT2D eigenvalue weighted by Crippen LogP contribution is 2.16. The minimum absolute atomic E-state index is 0.117. The van der Waals surface area contributed by atoms with E-state index in [9.17, 15) is 18.7 Å². The van der Waals surface area contributed by atoms with Crippen LogP contribution in [0.25, 0.3) is 0 Å². The van der Waals surface area contributed by atoms with Crippen LogP contribution in [0.2, 0.25) is 0 Å². The Bertz CT molecular complexity index is 437. The average molecular weight is 275 g/mol. The van der Waals surface area contributed by atoms with Crippen molar-refractivity contribution in [2.24, 2.45) is 0 Å². The van der Waals surface area contributed by atoms with Crippen molar-refractivity contribution in [3.63, 3.8) is 0 Å². The maximum atomic E-state index is 12.0. The average Bonchev–Trinajstić information content (AvgIpc) is 2.35. The van der Waals surface area contributed by atoms with Crippen molar-refractivity contribution in [1.29, 1.82) is 0 Å². The van der Waals surface area contributed by atoms with E-state index in [-0.39, 0.29) is 17.9 Å². The number of benzene rings is 1. The first-order valence-electron chi connectivity index (χ1n) is 5.50. The van der Waals surface area contributed by atoms with Gasteiger partial charge < -0.3 is 20.3 Å². The second-order valence-corrected chi connectivity index (χ2v) is 4.24. The van der Waals surface area contributed by atoms with Crippen LogP contribution in [-0.4, -0.2) is 41.5 Å². The van der Waals surface area contributed by atoms with Crippen LogP contribution in [0.4, 0.5) is 8.78 Å². The molecule has 0 aliphatic carbocycles. The predicted octanol–water partition coefficient (Wildman–Crippen LogP) is 0.761. The molecule has 0 radical (unpaired) electrons. The molecule has 0 saturated carbocycles. The lowest BCUT2D eigenvalue weighted by molar-refractivity contribution is -0.0498. The fraction of sp³-hybridized carbons (Fsp3) is 0.417. The van der Waals surface area contributed by atoms with Gasteiger partial charge in [-0.2, -0.15) is 8.78 Å². The molecular weight excluding hydrogens is 260 g/mol. The lowest BCUT2D eigenvalue weighted by Gasteiger charge is -2.20. The second kappa shape index (κ2) is 6.44. The maximum Gasteiger partial charge on any atom is 0.387 e. The Morgan fingerprint density at radius 1 is 1.53 bits per heavy atom. The third-order valence-corrected chi connectivity index (χ3v) is 2.29. The summed E-state index contributed by atoms with van der Waals surface area (Å²) in [5, 5.41) is 20.7. The maximum absolute atomic E-state index is 12.0. The number of aliphatic hydroxyl groups is 2. The van der Waals surface area contributed by atoms with Crippen LogP contribution in [-0.2, 0) is 0 Å². The zero-order valence-corrected chi connectivity index (χ0v) is 10.3. The molecule has 1 aromatic rings. The summed E-state index contributed by atoms with van der Waals surface area (Å²) in [6.45, 7) is -2.29. The standard InChI is InChI=1S/C12H15F2NO4/c1-12(18,7-16)6-15-10(17)8-3-2-4-9(5-8)19-11(13)14/h2-5,11,16,18H,6-7H2,1H3,(H,15,17). The van der Waals surface area contributed by atoms with Crippen LogP contribution in [0.3, 0.4) is 0 Å². The summed E-state index contributed by atoms with van der Waals surface area (Å²) in [5.41, 5.74) is -1.32. The monoisotopic (exact) mass is 275 g/mol. The van der Waals surface area contributed by atoms with Gasteiger partial charge in [-0.1, -0.05) is 6.07 Å². The Kier molecular flexibility index (Phi) is 5.20. The quantitative estimate of drug-likeness (QED) is 0.716. The molecule has 0 saturated heterocycles. The van der Waals surface area contributed by atoms with Crippen LogP contribution in [0.1, 0.15) is 17.3 Å². The van der Waals surface area contributed by atoms with Gasteiger partial charge in [-0.3, -0.25) is 4.79 Å². The predicted molar refractivity (Wildman–Crippen MR) is 63.1 cm³/mol. The normalized spacial score (nSPS) is 14.0. The summed E-state index contributed by atoms with van der Waals surface area (Å²) in [6, 6.07) is 5.28. The van der Waals surface area contributed by atoms with Gasteiger partial charge >= 0.3 is 6.61 Å². The molecule has 0 bridgehead atoms. The molecule has 0 heterocycles. The number of carbonyl (C=O) groups excluding carboxylic acids is 1. The van der Waals surface area contributed by atoms with E-state index in [1.165, 1.54) is 25.1 Å². The molecule has 3 N–H and O–H groups in total. The van der Waals surface area contributed by atoms with E-state index < -0.39 is 24.7 Å². The van der Waals surface area contributed by atoms with Gasteiger partial charge in [0, 0.05) is 12.1 Å². The second-order valence-electron chi connectivity index (χ2n) is 4.24. The lowest BCUT2D eigenvalue weighted by Crippen LogP contribution is -2.43. The van der Waals surface area contributed by atoms with Crippen molar-refractivity contribution < 1.29 is 28.5 Å². The zero-order chi connectivity index (χ0) is 14.5. The summed E-state index contributed by atoms with van der Waals surface area (Å²) in [4.78, 5) is 11.7. The molecule has 19 heavy (non-hydrogen) atoms. The third-order valence-electron chi connectivity index (χ3n) is 2.29. The van der Waals surface area contributed by atoms with Crippen molar-refractivity contribution in [1.82, 2.24) is 5.32 Å². The lowest BCUT2D eigenvalue weighted by atomic mass is 10.1. The molecule has 0 aliphatic rings. The number of halogens is 2. The number of rotatable bonds is 6. The highest BCUT2D eigenvalue weighted by Gasteiger charge is 2.20. The number of ether oxygens (including phenoxy) is 1. The summed E-state index contributed by atoms with van der Waals surface area (Å²) >= 11 is 0. The van der Waals surface area contributed by atoms with Crippen LogP contribution in [0.5, 0.6) is 5.75 Å². The molecule has 0 aliphatic heterocycles. The van der Waals surface area contributed by atoms with Gasteiger partial charge in [0.1, 0.15) is 11.4 Å². The first kappa shape index (κ1) is 15.3. The molecule has 0 aromatic heterocycles. The van der Waals surface area contributed by atoms with Gasteiger partial charge in [-0.15, -0.1) is 0 Å². The van der Waals surface area contributed by atoms with Gasteiger partial charge in [-0.25, -0.2) is 0 Å². The highest BCUT2D eigenvalue weighted by atomic mass is 19.3. The summed E-state index contributed by atoms with van der Waals surface area (Å²) in [7, 11) is 0. The van der Waals surface area contributed by atoms with Gasteiger partial charge in [-0.05, 0) is 25.1 Å².